The van der Waals surface area contributed by atoms with Gasteiger partial charge in [-0.3, -0.25) is 9.69 Å². The Kier molecular flexibility index (Phi) is 3.80. The van der Waals surface area contributed by atoms with E-state index in [1.165, 1.54) is 5.56 Å². The molecule has 4 rings (SSSR count). The molecule has 1 atom stereocenters. The van der Waals surface area contributed by atoms with Gasteiger partial charge in [0.05, 0.1) is 11.7 Å². The van der Waals surface area contributed by atoms with Crippen LogP contribution in [0.5, 0.6) is 5.75 Å². The van der Waals surface area contributed by atoms with Crippen molar-refractivity contribution in [2.24, 2.45) is 0 Å². The number of fused-ring (bicyclic) bond motifs is 2. The maximum absolute atomic E-state index is 12.7. The molecule has 25 heavy (non-hydrogen) atoms. The second kappa shape index (κ2) is 6.12. The number of ether oxygens (including phenoxy) is 1. The lowest BCUT2D eigenvalue weighted by Gasteiger charge is -2.23. The number of hydrogen-bond donors (Lipinski definition) is 2. The quantitative estimate of drug-likeness (QED) is 0.885. The maximum atomic E-state index is 12.7. The summed E-state index contributed by atoms with van der Waals surface area (Å²) in [6, 6.07) is 13.2. The van der Waals surface area contributed by atoms with Crippen LogP contribution in [0.1, 0.15) is 24.1 Å². The van der Waals surface area contributed by atoms with Crippen molar-refractivity contribution < 1.29 is 14.3 Å². The van der Waals surface area contributed by atoms with Gasteiger partial charge in [0.1, 0.15) is 5.75 Å². The van der Waals surface area contributed by atoms with Gasteiger partial charge >= 0.3 is 6.03 Å². The van der Waals surface area contributed by atoms with Crippen LogP contribution in [0.2, 0.25) is 0 Å². The molecule has 0 bridgehead atoms. The number of anilines is 2. The van der Waals surface area contributed by atoms with E-state index in [2.05, 4.69) is 16.7 Å². The lowest BCUT2D eigenvalue weighted by Crippen LogP contribution is -2.40. The second-order valence-electron chi connectivity index (χ2n) is 6.29. The molecular weight excluding hydrogens is 318 g/mol. The third kappa shape index (κ3) is 2.91. The third-order valence-corrected chi connectivity index (χ3v) is 4.61. The number of carbonyl (C=O) groups is 2. The minimum atomic E-state index is -0.190. The van der Waals surface area contributed by atoms with Crippen molar-refractivity contribution in [3.05, 3.63) is 53.6 Å². The van der Waals surface area contributed by atoms with Crippen LogP contribution in [0.25, 0.3) is 0 Å². The van der Waals surface area contributed by atoms with Gasteiger partial charge in [-0.25, -0.2) is 4.79 Å². The van der Waals surface area contributed by atoms with Gasteiger partial charge in [0.25, 0.3) is 5.91 Å². The van der Waals surface area contributed by atoms with E-state index < -0.39 is 0 Å². The second-order valence-corrected chi connectivity index (χ2v) is 6.29. The predicted octanol–water partition coefficient (Wildman–Crippen LogP) is 2.85. The molecule has 2 N–H and O–H groups in total. The Balaban J connectivity index is 1.49. The molecule has 2 aliphatic rings. The molecule has 0 aromatic heterocycles. The fourth-order valence-electron chi connectivity index (χ4n) is 3.27. The number of carbonyl (C=O) groups excluding carboxylic acids is 2. The number of amides is 3. The van der Waals surface area contributed by atoms with E-state index in [0.717, 1.165) is 17.7 Å². The van der Waals surface area contributed by atoms with Gasteiger partial charge < -0.3 is 15.4 Å². The van der Waals surface area contributed by atoms with Crippen LogP contribution < -0.4 is 20.3 Å². The highest BCUT2D eigenvalue weighted by molar-refractivity contribution is 5.96. The highest BCUT2D eigenvalue weighted by atomic mass is 16.5. The van der Waals surface area contributed by atoms with Gasteiger partial charge in [0.15, 0.2) is 6.61 Å². The van der Waals surface area contributed by atoms with Crippen molar-refractivity contribution in [2.45, 2.75) is 19.4 Å². The molecule has 0 radical (unpaired) electrons. The van der Waals surface area contributed by atoms with Crippen LogP contribution in [-0.4, -0.2) is 25.1 Å². The minimum absolute atomic E-state index is 0.0347. The Hall–Kier alpha value is -3.02. The van der Waals surface area contributed by atoms with E-state index in [1.807, 2.05) is 43.3 Å². The van der Waals surface area contributed by atoms with Crippen molar-refractivity contribution in [3.8, 4) is 5.75 Å². The number of para-hydroxylation sites is 1. The van der Waals surface area contributed by atoms with Crippen LogP contribution in [0.3, 0.4) is 0 Å². The van der Waals surface area contributed by atoms with Crippen molar-refractivity contribution in [3.63, 3.8) is 0 Å². The summed E-state index contributed by atoms with van der Waals surface area (Å²) in [5, 5.41) is 5.82. The SMILES string of the molecule is C[C@@H](NC(=O)N1CCc2ccccc21)c1ccc2c(c1)NC(=O)CO2. The first kappa shape index (κ1) is 15.5. The van der Waals surface area contributed by atoms with E-state index in [4.69, 9.17) is 4.74 Å². The van der Waals surface area contributed by atoms with Gasteiger partial charge in [0, 0.05) is 12.2 Å². The molecule has 0 aliphatic carbocycles. The Morgan fingerprint density at radius 1 is 1.28 bits per heavy atom. The Labute approximate surface area is 145 Å². The van der Waals surface area contributed by atoms with E-state index in [0.29, 0.717) is 18.0 Å². The first-order chi connectivity index (χ1) is 12.1. The minimum Gasteiger partial charge on any atom is -0.482 e. The van der Waals surface area contributed by atoms with Crippen LogP contribution in [0.4, 0.5) is 16.2 Å². The number of nitrogens with zero attached hydrogens (tertiary/aromatic N) is 1. The Morgan fingerprint density at radius 2 is 2.12 bits per heavy atom. The molecule has 6 nitrogen and oxygen atoms in total. The van der Waals surface area contributed by atoms with Crippen LogP contribution in [-0.2, 0) is 11.2 Å². The van der Waals surface area contributed by atoms with Gasteiger partial charge in [-0.15, -0.1) is 0 Å². The molecule has 2 heterocycles. The lowest BCUT2D eigenvalue weighted by atomic mass is 10.1. The molecule has 2 aromatic rings. The van der Waals surface area contributed by atoms with E-state index in [9.17, 15) is 9.59 Å². The largest absolute Gasteiger partial charge is 0.482 e. The summed E-state index contributed by atoms with van der Waals surface area (Å²) in [6.45, 7) is 2.64. The zero-order valence-corrected chi connectivity index (χ0v) is 13.9. The van der Waals surface area contributed by atoms with E-state index in [1.54, 1.807) is 4.90 Å². The highest BCUT2D eigenvalue weighted by Gasteiger charge is 2.25. The normalized spacial score (nSPS) is 16.4. The fraction of sp³-hybridized carbons (Fsp3) is 0.263. The molecule has 0 unspecified atom stereocenters. The molecule has 6 heteroatoms. The van der Waals surface area contributed by atoms with Crippen LogP contribution in [0, 0.1) is 0 Å². The third-order valence-electron chi connectivity index (χ3n) is 4.61. The summed E-state index contributed by atoms with van der Waals surface area (Å²) in [4.78, 5) is 25.9. The fourth-order valence-corrected chi connectivity index (χ4v) is 3.27. The van der Waals surface area contributed by atoms with Gasteiger partial charge in [0.2, 0.25) is 0 Å². The Morgan fingerprint density at radius 3 is 3.00 bits per heavy atom. The average Bonchev–Trinajstić information content (AvgIpc) is 3.05. The lowest BCUT2D eigenvalue weighted by molar-refractivity contribution is -0.118. The Bertz CT molecular complexity index is 850. The number of urea groups is 1. The number of rotatable bonds is 2. The van der Waals surface area contributed by atoms with E-state index >= 15 is 0 Å². The molecule has 128 valence electrons. The van der Waals surface area contributed by atoms with Gasteiger partial charge in [-0.05, 0) is 42.7 Å². The molecule has 3 amide bonds. The maximum Gasteiger partial charge on any atom is 0.322 e. The zero-order chi connectivity index (χ0) is 17.4. The molecule has 2 aromatic carbocycles. The van der Waals surface area contributed by atoms with Gasteiger partial charge in [-0.2, -0.15) is 0 Å². The number of hydrogen-bond acceptors (Lipinski definition) is 3. The predicted molar refractivity (Wildman–Crippen MR) is 95.0 cm³/mol. The molecular formula is C19H19N3O3. The van der Waals surface area contributed by atoms with Gasteiger partial charge in [-0.1, -0.05) is 24.3 Å². The smallest absolute Gasteiger partial charge is 0.322 e. The summed E-state index contributed by atoms with van der Waals surface area (Å²) in [7, 11) is 0. The summed E-state index contributed by atoms with van der Waals surface area (Å²) < 4.78 is 5.36. The molecule has 2 aliphatic heterocycles. The highest BCUT2D eigenvalue weighted by Crippen LogP contribution is 2.31. The van der Waals surface area contributed by atoms with E-state index in [-0.39, 0.29) is 24.6 Å². The summed E-state index contributed by atoms with van der Waals surface area (Å²) in [6.07, 6.45) is 0.875. The molecule has 0 saturated carbocycles. The first-order valence-electron chi connectivity index (χ1n) is 8.34. The first-order valence-corrected chi connectivity index (χ1v) is 8.34. The summed E-state index contributed by atoms with van der Waals surface area (Å²) in [5.41, 5.74) is 3.71. The van der Waals surface area contributed by atoms with Crippen molar-refractivity contribution >= 4 is 23.3 Å². The molecule has 0 fully saturated rings. The standard InChI is InChI=1S/C19H19N3O3/c1-12(14-6-7-17-15(10-14)21-18(23)11-25-17)20-19(24)22-9-8-13-4-2-3-5-16(13)22/h2-7,10,12H,8-9,11H2,1H3,(H,20,24)(H,21,23)/t12-/m1/s1. The number of nitrogens with one attached hydrogen (secondary N) is 2. The zero-order valence-electron chi connectivity index (χ0n) is 13.9. The monoisotopic (exact) mass is 337 g/mol. The summed E-state index contributed by atoms with van der Waals surface area (Å²) in [5.74, 6) is 0.477. The van der Waals surface area contributed by atoms with Crippen LogP contribution in [0.15, 0.2) is 42.5 Å². The van der Waals surface area contributed by atoms with Crippen molar-refractivity contribution in [1.82, 2.24) is 5.32 Å². The molecule has 0 spiro atoms. The summed E-state index contributed by atoms with van der Waals surface area (Å²) >= 11 is 0. The number of benzene rings is 2. The van der Waals surface area contributed by atoms with Crippen LogP contribution >= 0.6 is 0 Å². The van der Waals surface area contributed by atoms with Crippen molar-refractivity contribution in [1.29, 1.82) is 0 Å². The molecule has 0 saturated heterocycles. The topological polar surface area (TPSA) is 70.7 Å². The van der Waals surface area contributed by atoms with Crippen molar-refractivity contribution in [2.75, 3.05) is 23.4 Å². The average molecular weight is 337 g/mol.